The van der Waals surface area contributed by atoms with Crippen molar-refractivity contribution in [1.29, 1.82) is 0 Å². The Morgan fingerprint density at radius 3 is 2.55 bits per heavy atom. The highest BCUT2D eigenvalue weighted by molar-refractivity contribution is 8.00. The minimum absolute atomic E-state index is 0.185. The van der Waals surface area contributed by atoms with E-state index in [0.717, 1.165) is 10.5 Å². The standard InChI is InChI=1S/C21H19N3O4S/c1-27-20(26)11-15-7-9-16(10-8-15)28-21-18(12-22-14-23-21)24-19(25)13-29-17-5-3-2-4-6-17/h2-10,12,14H,11,13H2,1H3,(H,24,25). The Hall–Kier alpha value is -3.39. The molecule has 0 radical (unpaired) electrons. The van der Waals surface area contributed by atoms with Crippen LogP contribution in [0.1, 0.15) is 5.56 Å². The number of ether oxygens (including phenoxy) is 2. The summed E-state index contributed by atoms with van der Waals surface area (Å²) < 4.78 is 10.4. The van der Waals surface area contributed by atoms with Gasteiger partial charge in [-0.15, -0.1) is 11.8 Å². The summed E-state index contributed by atoms with van der Waals surface area (Å²) in [5.74, 6) is 0.505. The van der Waals surface area contributed by atoms with Crippen molar-refractivity contribution in [3.63, 3.8) is 0 Å². The van der Waals surface area contributed by atoms with Crippen molar-refractivity contribution in [2.75, 3.05) is 18.2 Å². The molecule has 0 bridgehead atoms. The summed E-state index contributed by atoms with van der Waals surface area (Å²) >= 11 is 1.43. The molecule has 1 heterocycles. The summed E-state index contributed by atoms with van der Waals surface area (Å²) in [4.78, 5) is 32.7. The van der Waals surface area contributed by atoms with E-state index in [1.54, 1.807) is 24.3 Å². The van der Waals surface area contributed by atoms with Crippen LogP contribution in [0.4, 0.5) is 5.69 Å². The fourth-order valence-electron chi connectivity index (χ4n) is 2.36. The minimum atomic E-state index is -0.312. The number of nitrogens with one attached hydrogen (secondary N) is 1. The average Bonchev–Trinajstić information content (AvgIpc) is 2.75. The van der Waals surface area contributed by atoms with Crippen LogP contribution in [-0.4, -0.2) is 34.7 Å². The summed E-state index contributed by atoms with van der Waals surface area (Å²) in [6.07, 6.45) is 3.01. The molecule has 0 fully saturated rings. The molecule has 0 aliphatic rings. The highest BCUT2D eigenvalue weighted by atomic mass is 32.2. The number of rotatable bonds is 8. The molecule has 0 saturated carbocycles. The molecule has 0 atom stereocenters. The number of esters is 1. The van der Waals surface area contributed by atoms with Gasteiger partial charge in [0.25, 0.3) is 0 Å². The van der Waals surface area contributed by atoms with Crippen LogP contribution in [0.3, 0.4) is 0 Å². The molecule has 148 valence electrons. The third-order valence-corrected chi connectivity index (χ3v) is 4.79. The number of hydrogen-bond donors (Lipinski definition) is 1. The highest BCUT2D eigenvalue weighted by Crippen LogP contribution is 2.27. The normalized spacial score (nSPS) is 10.2. The lowest BCUT2D eigenvalue weighted by atomic mass is 10.1. The van der Waals surface area contributed by atoms with Crippen molar-refractivity contribution >= 4 is 29.3 Å². The van der Waals surface area contributed by atoms with Gasteiger partial charge < -0.3 is 14.8 Å². The van der Waals surface area contributed by atoms with Crippen molar-refractivity contribution in [3.05, 3.63) is 72.7 Å². The fraction of sp³-hybridized carbons (Fsp3) is 0.143. The molecule has 3 aromatic rings. The van der Waals surface area contributed by atoms with Crippen LogP contribution in [0.5, 0.6) is 11.6 Å². The van der Waals surface area contributed by atoms with Crippen molar-refractivity contribution in [1.82, 2.24) is 9.97 Å². The number of anilines is 1. The summed E-state index contributed by atoms with van der Waals surface area (Å²) in [5.41, 5.74) is 1.18. The molecule has 1 aromatic heterocycles. The van der Waals surface area contributed by atoms with E-state index in [0.29, 0.717) is 11.4 Å². The predicted octanol–water partition coefficient (Wildman–Crippen LogP) is 3.72. The Labute approximate surface area is 172 Å². The van der Waals surface area contributed by atoms with Gasteiger partial charge in [-0.1, -0.05) is 30.3 Å². The lowest BCUT2D eigenvalue weighted by Crippen LogP contribution is -2.15. The molecule has 0 aliphatic heterocycles. The van der Waals surface area contributed by atoms with Crippen molar-refractivity contribution in [2.24, 2.45) is 0 Å². The molecule has 7 nitrogen and oxygen atoms in total. The minimum Gasteiger partial charge on any atom is -0.469 e. The number of amides is 1. The van der Waals surface area contributed by atoms with E-state index in [1.165, 1.54) is 31.4 Å². The van der Waals surface area contributed by atoms with Gasteiger partial charge in [-0.05, 0) is 29.8 Å². The van der Waals surface area contributed by atoms with Gasteiger partial charge in [0.05, 0.1) is 25.5 Å². The summed E-state index contributed by atoms with van der Waals surface area (Å²) in [6, 6.07) is 16.6. The van der Waals surface area contributed by atoms with E-state index >= 15 is 0 Å². The zero-order valence-electron chi connectivity index (χ0n) is 15.7. The van der Waals surface area contributed by atoms with Gasteiger partial charge in [0.15, 0.2) is 0 Å². The number of methoxy groups -OCH3 is 1. The first-order valence-corrected chi connectivity index (χ1v) is 9.74. The van der Waals surface area contributed by atoms with Gasteiger partial charge in [0.1, 0.15) is 17.8 Å². The van der Waals surface area contributed by atoms with Gasteiger partial charge in [0.2, 0.25) is 11.8 Å². The molecule has 3 rings (SSSR count). The Morgan fingerprint density at radius 1 is 1.07 bits per heavy atom. The maximum absolute atomic E-state index is 12.3. The number of hydrogen-bond acceptors (Lipinski definition) is 7. The highest BCUT2D eigenvalue weighted by Gasteiger charge is 2.11. The van der Waals surface area contributed by atoms with Crippen LogP contribution < -0.4 is 10.1 Å². The number of aromatic nitrogens is 2. The lowest BCUT2D eigenvalue weighted by Gasteiger charge is -2.11. The lowest BCUT2D eigenvalue weighted by molar-refractivity contribution is -0.139. The first kappa shape index (κ1) is 20.3. The smallest absolute Gasteiger partial charge is 0.309 e. The Bertz CT molecular complexity index is 965. The molecule has 2 aromatic carbocycles. The first-order chi connectivity index (χ1) is 14.1. The molecule has 29 heavy (non-hydrogen) atoms. The monoisotopic (exact) mass is 409 g/mol. The van der Waals surface area contributed by atoms with Crippen LogP contribution in [0.2, 0.25) is 0 Å². The maximum Gasteiger partial charge on any atom is 0.309 e. The number of benzene rings is 2. The van der Waals surface area contributed by atoms with Crippen molar-refractivity contribution in [2.45, 2.75) is 11.3 Å². The molecule has 0 unspecified atom stereocenters. The fourth-order valence-corrected chi connectivity index (χ4v) is 3.08. The van der Waals surface area contributed by atoms with Gasteiger partial charge in [-0.3, -0.25) is 9.59 Å². The summed E-state index contributed by atoms with van der Waals surface area (Å²) in [6.45, 7) is 0. The molecule has 1 amide bonds. The third kappa shape index (κ3) is 6.32. The second-order valence-corrected chi connectivity index (χ2v) is 6.94. The molecule has 8 heteroatoms. The Balaban J connectivity index is 1.61. The van der Waals surface area contributed by atoms with E-state index in [9.17, 15) is 9.59 Å². The number of nitrogens with zero attached hydrogens (tertiary/aromatic N) is 2. The zero-order valence-corrected chi connectivity index (χ0v) is 16.5. The Kier molecular flexibility index (Phi) is 7.18. The van der Waals surface area contributed by atoms with Crippen molar-refractivity contribution in [3.8, 4) is 11.6 Å². The second-order valence-electron chi connectivity index (χ2n) is 5.89. The number of carbonyl (C=O) groups excluding carboxylic acids is 2. The molecular formula is C21H19N3O4S. The molecular weight excluding hydrogens is 390 g/mol. The van der Waals surface area contributed by atoms with Crippen molar-refractivity contribution < 1.29 is 19.1 Å². The third-order valence-electron chi connectivity index (χ3n) is 3.78. The quantitative estimate of drug-likeness (QED) is 0.448. The molecule has 0 spiro atoms. The Morgan fingerprint density at radius 2 is 1.83 bits per heavy atom. The summed E-state index contributed by atoms with van der Waals surface area (Å²) in [5, 5.41) is 2.78. The second kappa shape index (κ2) is 10.2. The predicted molar refractivity (Wildman–Crippen MR) is 110 cm³/mol. The van der Waals surface area contributed by atoms with Gasteiger partial charge >= 0.3 is 5.97 Å². The maximum atomic E-state index is 12.3. The van der Waals surface area contributed by atoms with Crippen LogP contribution in [0.25, 0.3) is 0 Å². The van der Waals surface area contributed by atoms with E-state index in [1.807, 2.05) is 30.3 Å². The van der Waals surface area contributed by atoms with Gasteiger partial charge in [-0.25, -0.2) is 4.98 Å². The molecule has 0 aliphatic carbocycles. The van der Waals surface area contributed by atoms with Gasteiger partial charge in [-0.2, -0.15) is 4.98 Å². The zero-order chi connectivity index (χ0) is 20.5. The van der Waals surface area contributed by atoms with Crippen LogP contribution >= 0.6 is 11.8 Å². The van der Waals surface area contributed by atoms with Gasteiger partial charge in [0, 0.05) is 4.90 Å². The topological polar surface area (TPSA) is 90.4 Å². The largest absolute Gasteiger partial charge is 0.469 e. The van der Waals surface area contributed by atoms with E-state index in [-0.39, 0.29) is 29.9 Å². The molecule has 0 saturated heterocycles. The number of carbonyl (C=O) groups is 2. The number of thioether (sulfide) groups is 1. The SMILES string of the molecule is COC(=O)Cc1ccc(Oc2ncncc2NC(=O)CSc2ccccc2)cc1. The van der Waals surface area contributed by atoms with E-state index < -0.39 is 0 Å². The molecule has 1 N–H and O–H groups in total. The van der Waals surface area contributed by atoms with Crippen LogP contribution in [0.15, 0.2) is 72.0 Å². The van der Waals surface area contributed by atoms with Crippen LogP contribution in [0, 0.1) is 0 Å². The first-order valence-electron chi connectivity index (χ1n) is 8.75. The average molecular weight is 409 g/mol. The van der Waals surface area contributed by atoms with E-state index in [4.69, 9.17) is 4.74 Å². The van der Waals surface area contributed by atoms with E-state index in [2.05, 4.69) is 20.0 Å². The van der Waals surface area contributed by atoms with Crippen LogP contribution in [-0.2, 0) is 20.7 Å². The summed E-state index contributed by atoms with van der Waals surface area (Å²) in [7, 11) is 1.35.